The Bertz CT molecular complexity index is 1150. The predicted octanol–water partition coefficient (Wildman–Crippen LogP) is 2.06. The van der Waals surface area contributed by atoms with Crippen LogP contribution in [0.3, 0.4) is 0 Å². The van der Waals surface area contributed by atoms with Crippen LogP contribution in [0.1, 0.15) is 11.1 Å². The largest absolute Gasteiger partial charge is 0.496 e. The molecule has 0 saturated carbocycles. The van der Waals surface area contributed by atoms with Crippen LogP contribution < -0.4 is 18.9 Å². The van der Waals surface area contributed by atoms with Crippen LogP contribution in [-0.2, 0) is 26.1 Å². The zero-order chi connectivity index (χ0) is 23.1. The fourth-order valence-corrected chi connectivity index (χ4v) is 6.23. The van der Waals surface area contributed by atoms with Crippen LogP contribution in [0.5, 0.6) is 23.0 Å². The topological polar surface area (TPSA) is 105 Å². The third kappa shape index (κ3) is 6.54. The van der Waals surface area contributed by atoms with Gasteiger partial charge in [-0.2, -0.15) is 0 Å². The van der Waals surface area contributed by atoms with Gasteiger partial charge >= 0.3 is 0 Å². The molecule has 0 aliphatic rings. The van der Waals surface area contributed by atoms with Gasteiger partial charge in [-0.25, -0.2) is 16.8 Å². The molecular formula is C21H24O8S2. The Morgan fingerprint density at radius 2 is 1.19 bits per heavy atom. The summed E-state index contributed by atoms with van der Waals surface area (Å²) in [6.07, 6.45) is 0.0266. The lowest BCUT2D eigenvalue weighted by atomic mass is 10.1. The number of hydrogen-bond acceptors (Lipinski definition) is 8. The van der Waals surface area contributed by atoms with Gasteiger partial charge in [0.2, 0.25) is 9.84 Å². The Balaban J connectivity index is 2.23. The lowest BCUT2D eigenvalue weighted by Gasteiger charge is -2.12. The average molecular weight is 469 g/mol. The van der Waals surface area contributed by atoms with E-state index in [1.807, 2.05) is 0 Å². The fraction of sp³-hybridized carbons (Fsp3) is 0.333. The van der Waals surface area contributed by atoms with Gasteiger partial charge in [-0.3, -0.25) is 0 Å². The highest BCUT2D eigenvalue weighted by Crippen LogP contribution is 2.29. The standard InChI is InChI=1S/C21H24O8S2/c1-26-18-7-5-8-19(27-2)16(18)11-13-30(22,23)15-31(24,25)14-12-17-20(28-3)9-6-10-21(17)29-4/h5-10H,11,13,15H2,1-4H3. The third-order valence-corrected chi connectivity index (χ3v) is 8.20. The Hall–Kier alpha value is -2.90. The average Bonchev–Trinajstić information content (AvgIpc) is 2.74. The molecule has 2 aromatic rings. The summed E-state index contributed by atoms with van der Waals surface area (Å²) in [6.45, 7) is 0. The van der Waals surface area contributed by atoms with E-state index in [1.165, 1.54) is 28.4 Å². The van der Waals surface area contributed by atoms with Crippen LogP contribution >= 0.6 is 0 Å². The van der Waals surface area contributed by atoms with E-state index < -0.39 is 30.5 Å². The zero-order valence-electron chi connectivity index (χ0n) is 17.7. The maximum absolute atomic E-state index is 12.5. The number of benzene rings is 2. The summed E-state index contributed by atoms with van der Waals surface area (Å²) in [5.74, 6) is 3.59. The minimum Gasteiger partial charge on any atom is -0.496 e. The van der Waals surface area contributed by atoms with Gasteiger partial charge in [-0.15, -0.1) is 0 Å². The predicted molar refractivity (Wildman–Crippen MR) is 117 cm³/mol. The summed E-state index contributed by atoms with van der Waals surface area (Å²) in [4.78, 5) is 0. The summed E-state index contributed by atoms with van der Waals surface area (Å²) in [7, 11) is -2.50. The van der Waals surface area contributed by atoms with Gasteiger partial charge in [0.1, 0.15) is 28.6 Å². The number of hydrogen-bond donors (Lipinski definition) is 0. The van der Waals surface area contributed by atoms with Gasteiger partial charge in [0.25, 0.3) is 0 Å². The van der Waals surface area contributed by atoms with Crippen molar-refractivity contribution >= 4 is 19.7 Å². The van der Waals surface area contributed by atoms with Crippen LogP contribution in [0.2, 0.25) is 0 Å². The van der Waals surface area contributed by atoms with Gasteiger partial charge in [0, 0.05) is 10.8 Å². The van der Waals surface area contributed by atoms with E-state index in [0.717, 1.165) is 0 Å². The van der Waals surface area contributed by atoms with Crippen LogP contribution in [0, 0.1) is 11.2 Å². The fourth-order valence-electron chi connectivity index (χ4n) is 2.86. The van der Waals surface area contributed by atoms with Crippen molar-refractivity contribution in [3.05, 3.63) is 47.5 Å². The first-order valence-corrected chi connectivity index (χ1v) is 12.5. The van der Waals surface area contributed by atoms with Crippen molar-refractivity contribution in [3.8, 4) is 34.2 Å². The van der Waals surface area contributed by atoms with Gasteiger partial charge in [0.05, 0.1) is 34.2 Å². The van der Waals surface area contributed by atoms with E-state index >= 15 is 0 Å². The van der Waals surface area contributed by atoms with Gasteiger partial charge in [-0.1, -0.05) is 12.1 Å². The highest BCUT2D eigenvalue weighted by Gasteiger charge is 2.23. The normalized spacial score (nSPS) is 11.2. The second-order valence-corrected chi connectivity index (χ2v) is 10.6. The molecule has 0 unspecified atom stereocenters. The second kappa shape index (κ2) is 10.4. The Kier molecular flexibility index (Phi) is 8.19. The number of ether oxygens (including phenoxy) is 4. The molecule has 0 spiro atoms. The third-order valence-electron chi connectivity index (χ3n) is 4.29. The van der Waals surface area contributed by atoms with Crippen LogP contribution in [-0.4, -0.2) is 56.1 Å². The molecule has 10 heteroatoms. The Morgan fingerprint density at radius 3 is 1.65 bits per heavy atom. The molecule has 0 fully saturated rings. The van der Waals surface area contributed by atoms with E-state index in [9.17, 15) is 16.8 Å². The number of methoxy groups -OCH3 is 4. The minimum atomic E-state index is -4.25. The molecule has 168 valence electrons. The Morgan fingerprint density at radius 1 is 0.742 bits per heavy atom. The van der Waals surface area contributed by atoms with Crippen LogP contribution in [0.15, 0.2) is 36.4 Å². The molecule has 0 bridgehead atoms. The molecule has 0 heterocycles. The van der Waals surface area contributed by atoms with Gasteiger partial charge < -0.3 is 18.9 Å². The van der Waals surface area contributed by atoms with Crippen molar-refractivity contribution in [1.82, 2.24) is 0 Å². The first-order chi connectivity index (χ1) is 14.7. The summed E-state index contributed by atoms with van der Waals surface area (Å²) >= 11 is 0. The lowest BCUT2D eigenvalue weighted by molar-refractivity contribution is 0.386. The van der Waals surface area contributed by atoms with Crippen molar-refractivity contribution in [2.75, 3.05) is 39.3 Å². The summed E-state index contributed by atoms with van der Waals surface area (Å²) < 4.78 is 70.6. The van der Waals surface area contributed by atoms with E-state index in [4.69, 9.17) is 18.9 Å². The molecule has 0 N–H and O–H groups in total. The first kappa shape index (κ1) is 24.4. The number of sulfone groups is 2. The molecule has 0 atom stereocenters. The first-order valence-electron chi connectivity index (χ1n) is 9.03. The quantitative estimate of drug-likeness (QED) is 0.515. The van der Waals surface area contributed by atoms with Crippen molar-refractivity contribution in [2.45, 2.75) is 6.42 Å². The van der Waals surface area contributed by atoms with E-state index in [1.54, 1.807) is 36.4 Å². The molecule has 0 aromatic heterocycles. The van der Waals surface area contributed by atoms with Crippen molar-refractivity contribution in [1.29, 1.82) is 0 Å². The van der Waals surface area contributed by atoms with E-state index in [2.05, 4.69) is 11.2 Å². The van der Waals surface area contributed by atoms with E-state index in [-0.39, 0.29) is 12.0 Å². The van der Waals surface area contributed by atoms with Crippen molar-refractivity contribution in [2.24, 2.45) is 0 Å². The molecule has 2 aromatic carbocycles. The summed E-state index contributed by atoms with van der Waals surface area (Å²) in [5, 5.41) is 0.949. The molecule has 31 heavy (non-hydrogen) atoms. The molecular weight excluding hydrogens is 444 g/mol. The molecule has 0 saturated heterocycles. The van der Waals surface area contributed by atoms with Gasteiger partial charge in [-0.05, 0) is 36.6 Å². The lowest BCUT2D eigenvalue weighted by Crippen LogP contribution is -2.19. The SMILES string of the molecule is COc1cccc(OC)c1C#CS(=O)(=O)CS(=O)(=O)CCc1c(OC)cccc1OC. The molecule has 0 aliphatic heterocycles. The Labute approximate surface area is 182 Å². The molecule has 2 rings (SSSR count). The summed E-state index contributed by atoms with van der Waals surface area (Å²) in [6, 6.07) is 9.91. The smallest absolute Gasteiger partial charge is 0.231 e. The monoisotopic (exact) mass is 468 g/mol. The summed E-state index contributed by atoms with van der Waals surface area (Å²) in [5.41, 5.74) is 0.755. The molecule has 0 aliphatic carbocycles. The number of rotatable bonds is 9. The van der Waals surface area contributed by atoms with Crippen LogP contribution in [0.4, 0.5) is 0 Å². The zero-order valence-corrected chi connectivity index (χ0v) is 19.3. The van der Waals surface area contributed by atoms with Gasteiger partial charge in [0.15, 0.2) is 14.9 Å². The maximum Gasteiger partial charge on any atom is 0.231 e. The molecule has 0 radical (unpaired) electrons. The van der Waals surface area contributed by atoms with E-state index in [0.29, 0.717) is 28.6 Å². The molecule has 0 amide bonds. The highest BCUT2D eigenvalue weighted by molar-refractivity contribution is 8.10. The second-order valence-electron chi connectivity index (χ2n) is 6.34. The minimum absolute atomic E-state index is 0.0266. The highest BCUT2D eigenvalue weighted by atomic mass is 32.3. The molecule has 8 nitrogen and oxygen atoms in total. The van der Waals surface area contributed by atoms with Crippen molar-refractivity contribution < 1.29 is 35.8 Å². The van der Waals surface area contributed by atoms with Crippen LogP contribution in [0.25, 0.3) is 0 Å². The van der Waals surface area contributed by atoms with Crippen molar-refractivity contribution in [3.63, 3.8) is 0 Å². The maximum atomic E-state index is 12.5.